The zero-order valence-corrected chi connectivity index (χ0v) is 15.6. The van der Waals surface area contributed by atoms with Crippen LogP contribution in [0.4, 0.5) is 4.79 Å². The first-order valence-electron chi connectivity index (χ1n) is 10.0. The number of rotatable bonds is 4. The lowest BCUT2D eigenvalue weighted by molar-refractivity contribution is -0.124. The van der Waals surface area contributed by atoms with Crippen LogP contribution in [0.5, 0.6) is 0 Å². The Bertz CT molecular complexity index is 437. The minimum atomic E-state index is -0.203. The molecule has 1 aliphatic carbocycles. The Morgan fingerprint density at radius 2 is 1.52 bits per heavy atom. The first-order chi connectivity index (χ1) is 12.2. The molecule has 3 aliphatic rings. The van der Waals surface area contributed by atoms with Gasteiger partial charge < -0.3 is 19.4 Å². The number of hydrogen-bond acceptors (Lipinski definition) is 4. The van der Waals surface area contributed by atoms with Crippen LogP contribution >= 0.6 is 0 Å². The SMILES string of the molecule is COC(=O)N1CCC(N2CCC(N(C=O)C3CCCCC3)CC2)CC1. The number of likely N-dealkylation sites (tertiary alicyclic amines) is 2. The summed E-state index contributed by atoms with van der Waals surface area (Å²) in [6, 6.07) is 1.47. The fourth-order valence-electron chi connectivity index (χ4n) is 4.94. The monoisotopic (exact) mass is 351 g/mol. The van der Waals surface area contributed by atoms with E-state index in [1.165, 1.54) is 39.2 Å². The van der Waals surface area contributed by atoms with Gasteiger partial charge in [-0.25, -0.2) is 4.79 Å². The maximum Gasteiger partial charge on any atom is 0.409 e. The first kappa shape index (κ1) is 18.5. The van der Waals surface area contributed by atoms with E-state index in [-0.39, 0.29) is 6.09 Å². The maximum atomic E-state index is 11.7. The van der Waals surface area contributed by atoms with Crippen LogP contribution in [0.1, 0.15) is 57.8 Å². The van der Waals surface area contributed by atoms with Gasteiger partial charge in [0.1, 0.15) is 0 Å². The van der Waals surface area contributed by atoms with E-state index in [9.17, 15) is 9.59 Å². The number of amides is 2. The number of methoxy groups -OCH3 is 1. The average Bonchev–Trinajstić information content (AvgIpc) is 2.69. The lowest BCUT2D eigenvalue weighted by Gasteiger charge is -2.45. The Hall–Kier alpha value is -1.30. The van der Waals surface area contributed by atoms with Gasteiger partial charge >= 0.3 is 6.09 Å². The van der Waals surface area contributed by atoms with Gasteiger partial charge in [0.25, 0.3) is 0 Å². The summed E-state index contributed by atoms with van der Waals surface area (Å²) in [6.45, 7) is 3.73. The molecule has 0 radical (unpaired) electrons. The molecule has 2 amide bonds. The molecule has 0 aromatic heterocycles. The lowest BCUT2D eigenvalue weighted by Crippen LogP contribution is -2.53. The number of piperidine rings is 2. The Labute approximate surface area is 151 Å². The molecule has 3 fully saturated rings. The van der Waals surface area contributed by atoms with Crippen molar-refractivity contribution < 1.29 is 14.3 Å². The van der Waals surface area contributed by atoms with E-state index in [1.54, 1.807) is 4.90 Å². The van der Waals surface area contributed by atoms with E-state index in [1.807, 2.05) is 0 Å². The van der Waals surface area contributed by atoms with Crippen LogP contribution in [0.25, 0.3) is 0 Å². The standard InChI is InChI=1S/C19H33N3O3/c1-25-19(24)21-13-7-16(8-14-21)20-11-9-18(10-12-20)22(15-23)17-5-3-2-4-6-17/h15-18H,2-14H2,1H3. The van der Waals surface area contributed by atoms with E-state index in [0.29, 0.717) is 18.1 Å². The Balaban J connectivity index is 1.45. The fourth-order valence-corrected chi connectivity index (χ4v) is 4.94. The van der Waals surface area contributed by atoms with E-state index in [0.717, 1.165) is 58.3 Å². The second kappa shape index (κ2) is 8.88. The van der Waals surface area contributed by atoms with Crippen LogP contribution < -0.4 is 0 Å². The van der Waals surface area contributed by atoms with Gasteiger partial charge in [-0.1, -0.05) is 19.3 Å². The molecule has 6 heteroatoms. The van der Waals surface area contributed by atoms with Gasteiger partial charge in [0.2, 0.25) is 6.41 Å². The van der Waals surface area contributed by atoms with Crippen molar-refractivity contribution in [3.8, 4) is 0 Å². The summed E-state index contributed by atoms with van der Waals surface area (Å²) in [5, 5.41) is 0. The molecule has 1 saturated carbocycles. The minimum absolute atomic E-state index is 0.203. The van der Waals surface area contributed by atoms with Gasteiger partial charge in [-0.2, -0.15) is 0 Å². The third-order valence-corrected chi connectivity index (χ3v) is 6.45. The molecule has 0 N–H and O–H groups in total. The largest absolute Gasteiger partial charge is 0.453 e. The van der Waals surface area contributed by atoms with Crippen molar-refractivity contribution in [2.75, 3.05) is 33.3 Å². The average molecular weight is 351 g/mol. The van der Waals surface area contributed by atoms with Crippen LogP contribution in [-0.4, -0.2) is 78.6 Å². The smallest absolute Gasteiger partial charge is 0.409 e. The van der Waals surface area contributed by atoms with E-state index in [2.05, 4.69) is 9.80 Å². The maximum absolute atomic E-state index is 11.7. The highest BCUT2D eigenvalue weighted by atomic mass is 16.5. The van der Waals surface area contributed by atoms with Crippen LogP contribution in [0.15, 0.2) is 0 Å². The second-order valence-corrected chi connectivity index (χ2v) is 7.80. The normalized spacial score (nSPS) is 24.9. The molecular weight excluding hydrogens is 318 g/mol. The highest BCUT2D eigenvalue weighted by Crippen LogP contribution is 2.28. The molecule has 2 saturated heterocycles. The van der Waals surface area contributed by atoms with Crippen LogP contribution in [-0.2, 0) is 9.53 Å². The molecule has 0 unspecified atom stereocenters. The summed E-state index contributed by atoms with van der Waals surface area (Å²) in [5.74, 6) is 0. The summed E-state index contributed by atoms with van der Waals surface area (Å²) < 4.78 is 4.82. The van der Waals surface area contributed by atoms with Crippen molar-refractivity contribution in [3.05, 3.63) is 0 Å². The quantitative estimate of drug-likeness (QED) is 0.730. The van der Waals surface area contributed by atoms with Crippen molar-refractivity contribution >= 4 is 12.5 Å². The van der Waals surface area contributed by atoms with Crippen molar-refractivity contribution in [1.82, 2.24) is 14.7 Å². The van der Waals surface area contributed by atoms with Crippen molar-refractivity contribution in [3.63, 3.8) is 0 Å². The Kier molecular flexibility index (Phi) is 6.57. The summed E-state index contributed by atoms with van der Waals surface area (Å²) in [4.78, 5) is 29.8. The second-order valence-electron chi connectivity index (χ2n) is 7.80. The lowest BCUT2D eigenvalue weighted by atomic mass is 9.91. The molecule has 142 valence electrons. The van der Waals surface area contributed by atoms with E-state index < -0.39 is 0 Å². The van der Waals surface area contributed by atoms with Crippen molar-refractivity contribution in [2.24, 2.45) is 0 Å². The zero-order valence-electron chi connectivity index (χ0n) is 15.6. The molecule has 0 bridgehead atoms. The molecule has 6 nitrogen and oxygen atoms in total. The molecule has 0 aromatic carbocycles. The Morgan fingerprint density at radius 1 is 0.920 bits per heavy atom. The molecule has 0 aromatic rings. The van der Waals surface area contributed by atoms with Gasteiger partial charge in [-0.05, 0) is 38.5 Å². The summed E-state index contributed by atoms with van der Waals surface area (Å²) >= 11 is 0. The summed E-state index contributed by atoms with van der Waals surface area (Å²) in [6.07, 6.45) is 11.4. The predicted octanol–water partition coefficient (Wildman–Crippen LogP) is 2.47. The Morgan fingerprint density at radius 3 is 2.08 bits per heavy atom. The molecule has 3 rings (SSSR count). The van der Waals surface area contributed by atoms with Gasteiger partial charge in [0, 0.05) is 44.3 Å². The van der Waals surface area contributed by atoms with Crippen molar-refractivity contribution in [1.29, 1.82) is 0 Å². The molecular formula is C19H33N3O3. The highest BCUT2D eigenvalue weighted by Gasteiger charge is 2.33. The molecule has 0 spiro atoms. The van der Waals surface area contributed by atoms with Gasteiger partial charge in [-0.15, -0.1) is 0 Å². The van der Waals surface area contributed by atoms with Gasteiger partial charge in [0.15, 0.2) is 0 Å². The number of ether oxygens (including phenoxy) is 1. The third-order valence-electron chi connectivity index (χ3n) is 6.45. The van der Waals surface area contributed by atoms with Crippen molar-refractivity contribution in [2.45, 2.75) is 75.9 Å². The predicted molar refractivity (Wildman–Crippen MR) is 96.4 cm³/mol. The van der Waals surface area contributed by atoms with Gasteiger partial charge in [-0.3, -0.25) is 4.79 Å². The molecule has 25 heavy (non-hydrogen) atoms. The van der Waals surface area contributed by atoms with E-state index in [4.69, 9.17) is 4.74 Å². The van der Waals surface area contributed by atoms with Gasteiger partial charge in [0.05, 0.1) is 7.11 Å². The third kappa shape index (κ3) is 4.46. The van der Waals surface area contributed by atoms with Crippen LogP contribution in [0, 0.1) is 0 Å². The summed E-state index contributed by atoms with van der Waals surface area (Å²) in [7, 11) is 1.45. The fraction of sp³-hybridized carbons (Fsp3) is 0.895. The topological polar surface area (TPSA) is 53.1 Å². The first-order valence-corrected chi connectivity index (χ1v) is 10.0. The number of hydrogen-bond donors (Lipinski definition) is 0. The number of carbonyl (C=O) groups excluding carboxylic acids is 2. The molecule has 2 aliphatic heterocycles. The number of nitrogens with zero attached hydrogens (tertiary/aromatic N) is 3. The van der Waals surface area contributed by atoms with Crippen LogP contribution in [0.2, 0.25) is 0 Å². The summed E-state index contributed by atoms with van der Waals surface area (Å²) in [5.41, 5.74) is 0. The number of carbonyl (C=O) groups is 2. The van der Waals surface area contributed by atoms with E-state index >= 15 is 0 Å². The molecule has 2 heterocycles. The minimum Gasteiger partial charge on any atom is -0.453 e. The zero-order chi connectivity index (χ0) is 17.6. The highest BCUT2D eigenvalue weighted by molar-refractivity contribution is 5.67. The van der Waals surface area contributed by atoms with Crippen LogP contribution in [0.3, 0.4) is 0 Å². The molecule has 0 atom stereocenters.